The summed E-state index contributed by atoms with van der Waals surface area (Å²) in [4.78, 5) is 14.7. The molecule has 0 amide bonds. The lowest BCUT2D eigenvalue weighted by Gasteiger charge is -2.22. The van der Waals surface area contributed by atoms with Crippen molar-refractivity contribution in [3.05, 3.63) is 0 Å². The third-order valence-corrected chi connectivity index (χ3v) is 3.42. The fourth-order valence-electron chi connectivity index (χ4n) is 1.91. The van der Waals surface area contributed by atoms with E-state index >= 15 is 0 Å². The maximum absolute atomic E-state index is 9.96. The van der Waals surface area contributed by atoms with Crippen molar-refractivity contribution in [1.29, 1.82) is 0 Å². The summed E-state index contributed by atoms with van der Waals surface area (Å²) < 4.78 is 0. The number of nitrogens with two attached hydrogens (primary N) is 1. The SMILES string of the molecule is CCC(C)(O)CNc1nc(N)nc(N2CCCC2)n1. The van der Waals surface area contributed by atoms with Crippen LogP contribution in [-0.2, 0) is 0 Å². The fourth-order valence-corrected chi connectivity index (χ4v) is 1.91. The van der Waals surface area contributed by atoms with Crippen molar-refractivity contribution in [2.75, 3.05) is 35.6 Å². The molecule has 19 heavy (non-hydrogen) atoms. The Morgan fingerprint density at radius 3 is 2.63 bits per heavy atom. The largest absolute Gasteiger partial charge is 0.388 e. The van der Waals surface area contributed by atoms with Crippen molar-refractivity contribution in [2.45, 2.75) is 38.7 Å². The first-order valence-corrected chi connectivity index (χ1v) is 6.73. The number of nitrogens with one attached hydrogen (secondary N) is 1. The van der Waals surface area contributed by atoms with Gasteiger partial charge in [0, 0.05) is 19.6 Å². The Morgan fingerprint density at radius 1 is 1.32 bits per heavy atom. The molecule has 7 heteroatoms. The molecule has 0 saturated carbocycles. The number of hydrogen-bond donors (Lipinski definition) is 3. The van der Waals surface area contributed by atoms with Gasteiger partial charge in [-0.05, 0) is 26.2 Å². The molecule has 4 N–H and O–H groups in total. The quantitative estimate of drug-likeness (QED) is 0.718. The number of anilines is 3. The zero-order valence-electron chi connectivity index (χ0n) is 11.6. The summed E-state index contributed by atoms with van der Waals surface area (Å²) in [6.45, 7) is 5.99. The average molecular weight is 266 g/mol. The molecule has 0 radical (unpaired) electrons. The van der Waals surface area contributed by atoms with Gasteiger partial charge in [0.05, 0.1) is 5.60 Å². The Kier molecular flexibility index (Phi) is 4.04. The van der Waals surface area contributed by atoms with Crippen LogP contribution in [0.1, 0.15) is 33.1 Å². The van der Waals surface area contributed by atoms with Crippen LogP contribution < -0.4 is 16.0 Å². The van der Waals surface area contributed by atoms with Gasteiger partial charge < -0.3 is 21.1 Å². The summed E-state index contributed by atoms with van der Waals surface area (Å²) in [5.74, 6) is 1.24. The van der Waals surface area contributed by atoms with Crippen LogP contribution in [0.4, 0.5) is 17.8 Å². The molecule has 1 aliphatic rings. The molecule has 0 aliphatic carbocycles. The molecular formula is C12H22N6O. The highest BCUT2D eigenvalue weighted by atomic mass is 16.3. The first-order valence-electron chi connectivity index (χ1n) is 6.73. The Bertz CT molecular complexity index is 430. The molecule has 1 fully saturated rings. The van der Waals surface area contributed by atoms with Crippen LogP contribution in [0.15, 0.2) is 0 Å². The van der Waals surface area contributed by atoms with Crippen molar-refractivity contribution in [1.82, 2.24) is 15.0 Å². The van der Waals surface area contributed by atoms with Crippen molar-refractivity contribution < 1.29 is 5.11 Å². The third-order valence-electron chi connectivity index (χ3n) is 3.42. The highest BCUT2D eigenvalue weighted by Crippen LogP contribution is 2.18. The number of nitrogen functional groups attached to an aromatic ring is 1. The minimum atomic E-state index is -0.783. The van der Waals surface area contributed by atoms with Crippen LogP contribution >= 0.6 is 0 Å². The van der Waals surface area contributed by atoms with Crippen LogP contribution in [0, 0.1) is 0 Å². The van der Waals surface area contributed by atoms with Gasteiger partial charge >= 0.3 is 0 Å². The van der Waals surface area contributed by atoms with E-state index in [2.05, 4.69) is 25.2 Å². The minimum absolute atomic E-state index is 0.204. The van der Waals surface area contributed by atoms with Crippen molar-refractivity contribution in [3.63, 3.8) is 0 Å². The molecular weight excluding hydrogens is 244 g/mol. The summed E-state index contributed by atoms with van der Waals surface area (Å²) >= 11 is 0. The van der Waals surface area contributed by atoms with Crippen molar-refractivity contribution in [3.8, 4) is 0 Å². The van der Waals surface area contributed by atoms with Crippen molar-refractivity contribution in [2.24, 2.45) is 0 Å². The fraction of sp³-hybridized carbons (Fsp3) is 0.750. The highest BCUT2D eigenvalue weighted by molar-refractivity contribution is 5.42. The molecule has 106 valence electrons. The molecule has 0 aromatic carbocycles. The third kappa shape index (κ3) is 3.66. The first-order chi connectivity index (χ1) is 9.00. The van der Waals surface area contributed by atoms with Gasteiger partial charge in [-0.3, -0.25) is 0 Å². The van der Waals surface area contributed by atoms with E-state index in [1.54, 1.807) is 6.92 Å². The lowest BCUT2D eigenvalue weighted by Crippen LogP contribution is -2.33. The second-order valence-corrected chi connectivity index (χ2v) is 5.22. The normalized spacial score (nSPS) is 18.4. The molecule has 1 aromatic heterocycles. The lowest BCUT2D eigenvalue weighted by atomic mass is 10.0. The van der Waals surface area contributed by atoms with Gasteiger partial charge in [-0.15, -0.1) is 0 Å². The molecule has 2 rings (SSSR count). The maximum Gasteiger partial charge on any atom is 0.231 e. The standard InChI is InChI=1S/C12H22N6O/c1-3-12(2,19)8-14-10-15-9(13)16-11(17-10)18-6-4-5-7-18/h19H,3-8H2,1-2H3,(H3,13,14,15,16,17). The van der Waals surface area contributed by atoms with Crippen LogP contribution in [-0.4, -0.2) is 45.3 Å². The van der Waals surface area contributed by atoms with Gasteiger partial charge in [0.1, 0.15) is 0 Å². The predicted molar refractivity (Wildman–Crippen MR) is 75.1 cm³/mol. The summed E-state index contributed by atoms with van der Waals surface area (Å²) in [6, 6.07) is 0. The van der Waals surface area contributed by atoms with E-state index in [1.165, 1.54) is 0 Å². The molecule has 1 atom stereocenters. The minimum Gasteiger partial charge on any atom is -0.388 e. The topological polar surface area (TPSA) is 100 Å². The number of aromatic nitrogens is 3. The van der Waals surface area contributed by atoms with E-state index in [0.29, 0.717) is 24.9 Å². The summed E-state index contributed by atoms with van der Waals surface area (Å²) in [5.41, 5.74) is 4.92. The molecule has 2 heterocycles. The van der Waals surface area contributed by atoms with Gasteiger partial charge in [-0.25, -0.2) is 0 Å². The predicted octanol–water partition coefficient (Wildman–Crippen LogP) is 0.627. The van der Waals surface area contributed by atoms with Gasteiger partial charge in [-0.1, -0.05) is 6.92 Å². The van der Waals surface area contributed by atoms with E-state index < -0.39 is 5.60 Å². The number of hydrogen-bond acceptors (Lipinski definition) is 7. The van der Waals surface area contributed by atoms with Crippen molar-refractivity contribution >= 4 is 17.8 Å². The zero-order chi connectivity index (χ0) is 13.9. The van der Waals surface area contributed by atoms with E-state index in [4.69, 9.17) is 5.73 Å². The van der Waals surface area contributed by atoms with Crippen LogP contribution in [0.3, 0.4) is 0 Å². The molecule has 1 aliphatic heterocycles. The van der Waals surface area contributed by atoms with Gasteiger partial charge in [-0.2, -0.15) is 15.0 Å². The molecule has 0 bridgehead atoms. The Labute approximate surface area is 113 Å². The van der Waals surface area contributed by atoms with E-state index in [1.807, 2.05) is 6.92 Å². The second kappa shape index (κ2) is 5.56. The average Bonchev–Trinajstić information content (AvgIpc) is 2.90. The monoisotopic (exact) mass is 266 g/mol. The summed E-state index contributed by atoms with van der Waals surface area (Å²) in [6.07, 6.45) is 2.96. The highest BCUT2D eigenvalue weighted by Gasteiger charge is 2.19. The van der Waals surface area contributed by atoms with Gasteiger partial charge in [0.2, 0.25) is 17.8 Å². The van der Waals surface area contributed by atoms with Crippen LogP contribution in [0.2, 0.25) is 0 Å². The number of nitrogens with zero attached hydrogens (tertiary/aromatic N) is 4. The molecule has 1 aromatic rings. The Balaban J connectivity index is 2.08. The van der Waals surface area contributed by atoms with Crippen LogP contribution in [0.5, 0.6) is 0 Å². The molecule has 1 saturated heterocycles. The number of aliphatic hydroxyl groups is 1. The maximum atomic E-state index is 9.96. The number of rotatable bonds is 5. The zero-order valence-corrected chi connectivity index (χ0v) is 11.6. The van der Waals surface area contributed by atoms with Gasteiger partial charge in [0.15, 0.2) is 0 Å². The molecule has 7 nitrogen and oxygen atoms in total. The second-order valence-electron chi connectivity index (χ2n) is 5.22. The van der Waals surface area contributed by atoms with E-state index in [0.717, 1.165) is 25.9 Å². The lowest BCUT2D eigenvalue weighted by molar-refractivity contribution is 0.0695. The molecule has 1 unspecified atom stereocenters. The van der Waals surface area contributed by atoms with E-state index in [9.17, 15) is 5.11 Å². The van der Waals surface area contributed by atoms with Gasteiger partial charge in [0.25, 0.3) is 0 Å². The Hall–Kier alpha value is -1.63. The summed E-state index contributed by atoms with van der Waals surface area (Å²) in [7, 11) is 0. The van der Waals surface area contributed by atoms with Crippen LogP contribution in [0.25, 0.3) is 0 Å². The molecule has 0 spiro atoms. The van der Waals surface area contributed by atoms with E-state index in [-0.39, 0.29) is 5.95 Å². The Morgan fingerprint density at radius 2 is 2.00 bits per heavy atom. The smallest absolute Gasteiger partial charge is 0.231 e. The summed E-state index contributed by atoms with van der Waals surface area (Å²) in [5, 5.41) is 13.0. The first kappa shape index (κ1) is 13.8.